The molecule has 0 radical (unpaired) electrons. The van der Waals surface area contributed by atoms with Crippen LogP contribution in [0.2, 0.25) is 0 Å². The highest BCUT2D eigenvalue weighted by atomic mass is 19.1. The number of aromatic nitrogens is 3. The maximum absolute atomic E-state index is 12.5. The van der Waals surface area contributed by atoms with E-state index in [1.54, 1.807) is 16.9 Å². The summed E-state index contributed by atoms with van der Waals surface area (Å²) >= 11 is 0. The van der Waals surface area contributed by atoms with Gasteiger partial charge in [-0.05, 0) is 17.7 Å². The molecule has 0 spiro atoms. The molecule has 0 fully saturated rings. The van der Waals surface area contributed by atoms with Gasteiger partial charge in [-0.15, -0.1) is 0 Å². The molecule has 2 heterocycles. The zero-order valence-electron chi connectivity index (χ0n) is 8.93. The summed E-state index contributed by atoms with van der Waals surface area (Å²) in [6.45, 7) is 0.527. The van der Waals surface area contributed by atoms with Crippen LogP contribution >= 0.6 is 0 Å². The van der Waals surface area contributed by atoms with Crippen LogP contribution < -0.4 is 4.74 Å². The number of hydrogen-bond acceptors (Lipinski definition) is 3. The number of rotatable bonds is 4. The van der Waals surface area contributed by atoms with Gasteiger partial charge in [0, 0.05) is 19.7 Å². The van der Waals surface area contributed by atoms with Gasteiger partial charge in [-0.2, -0.15) is 9.49 Å². The van der Waals surface area contributed by atoms with Crippen LogP contribution in [-0.2, 0) is 13.5 Å². The Morgan fingerprint density at radius 3 is 2.88 bits per heavy atom. The standard InChI is InChI=1S/C11H12FN3O/c1-15-8-9(6-14-15)4-5-16-10-2-3-11(12)13-7-10/h2-3,6-8H,4-5H2,1H3. The van der Waals surface area contributed by atoms with Gasteiger partial charge in [0.05, 0.1) is 19.0 Å². The van der Waals surface area contributed by atoms with Gasteiger partial charge in [-0.25, -0.2) is 4.98 Å². The first-order valence-electron chi connectivity index (χ1n) is 4.96. The van der Waals surface area contributed by atoms with Crippen LogP contribution in [0.4, 0.5) is 4.39 Å². The molecule has 0 bridgehead atoms. The Bertz CT molecular complexity index is 453. The molecule has 0 saturated heterocycles. The normalized spacial score (nSPS) is 10.4. The summed E-state index contributed by atoms with van der Waals surface area (Å²) in [5.41, 5.74) is 1.11. The largest absolute Gasteiger partial charge is 0.492 e. The molecule has 0 unspecified atom stereocenters. The quantitative estimate of drug-likeness (QED) is 0.736. The predicted octanol–water partition coefficient (Wildman–Crippen LogP) is 1.58. The van der Waals surface area contributed by atoms with Crippen molar-refractivity contribution < 1.29 is 9.13 Å². The molecular formula is C11H12FN3O. The Kier molecular flexibility index (Phi) is 3.14. The molecule has 0 saturated carbocycles. The summed E-state index contributed by atoms with van der Waals surface area (Å²) in [6, 6.07) is 2.84. The maximum Gasteiger partial charge on any atom is 0.213 e. The molecule has 0 aromatic carbocycles. The third kappa shape index (κ3) is 2.79. The number of ether oxygens (including phenoxy) is 1. The molecular weight excluding hydrogens is 209 g/mol. The lowest BCUT2D eigenvalue weighted by Gasteiger charge is -2.03. The summed E-state index contributed by atoms with van der Waals surface area (Å²) < 4.78 is 19.7. The fourth-order valence-corrected chi connectivity index (χ4v) is 1.34. The second kappa shape index (κ2) is 4.74. The van der Waals surface area contributed by atoms with Crippen LogP contribution in [0.3, 0.4) is 0 Å². The molecule has 0 aliphatic heterocycles. The topological polar surface area (TPSA) is 39.9 Å². The molecule has 5 heteroatoms. The van der Waals surface area contributed by atoms with Gasteiger partial charge in [-0.3, -0.25) is 4.68 Å². The first kappa shape index (κ1) is 10.6. The van der Waals surface area contributed by atoms with E-state index in [0.29, 0.717) is 12.4 Å². The van der Waals surface area contributed by atoms with Gasteiger partial charge in [0.25, 0.3) is 0 Å². The van der Waals surface area contributed by atoms with Gasteiger partial charge < -0.3 is 4.74 Å². The van der Waals surface area contributed by atoms with Crippen molar-refractivity contribution in [3.8, 4) is 5.75 Å². The monoisotopic (exact) mass is 221 g/mol. The second-order valence-electron chi connectivity index (χ2n) is 3.44. The van der Waals surface area contributed by atoms with E-state index in [0.717, 1.165) is 12.0 Å². The molecule has 2 aromatic rings. The summed E-state index contributed by atoms with van der Waals surface area (Å²) in [6.07, 6.45) is 5.88. The molecule has 4 nitrogen and oxygen atoms in total. The van der Waals surface area contributed by atoms with Crippen molar-refractivity contribution >= 4 is 0 Å². The molecule has 2 rings (SSSR count). The van der Waals surface area contributed by atoms with Gasteiger partial charge >= 0.3 is 0 Å². The Hall–Kier alpha value is -1.91. The smallest absolute Gasteiger partial charge is 0.213 e. The highest BCUT2D eigenvalue weighted by Crippen LogP contribution is 2.09. The number of aryl methyl sites for hydroxylation is 1. The van der Waals surface area contributed by atoms with Gasteiger partial charge in [0.1, 0.15) is 5.75 Å². The minimum Gasteiger partial charge on any atom is -0.492 e. The van der Waals surface area contributed by atoms with E-state index in [9.17, 15) is 4.39 Å². The second-order valence-corrected chi connectivity index (χ2v) is 3.44. The molecule has 16 heavy (non-hydrogen) atoms. The number of nitrogens with zero attached hydrogens (tertiary/aromatic N) is 3. The molecule has 84 valence electrons. The highest BCUT2D eigenvalue weighted by Gasteiger charge is 1.98. The van der Waals surface area contributed by atoms with Crippen molar-refractivity contribution in [2.45, 2.75) is 6.42 Å². The van der Waals surface area contributed by atoms with Crippen LogP contribution in [0.15, 0.2) is 30.7 Å². The number of halogens is 1. The Balaban J connectivity index is 1.82. The zero-order valence-corrected chi connectivity index (χ0v) is 8.93. The average Bonchev–Trinajstić information content (AvgIpc) is 2.67. The SMILES string of the molecule is Cn1cc(CCOc2ccc(F)nc2)cn1. The summed E-state index contributed by atoms with van der Waals surface area (Å²) in [7, 11) is 1.87. The molecule has 0 amide bonds. The van der Waals surface area contributed by atoms with Crippen molar-refractivity contribution in [1.29, 1.82) is 0 Å². The Morgan fingerprint density at radius 1 is 1.38 bits per heavy atom. The first-order valence-corrected chi connectivity index (χ1v) is 4.96. The van der Waals surface area contributed by atoms with Crippen molar-refractivity contribution in [2.75, 3.05) is 6.61 Å². The van der Waals surface area contributed by atoms with Crippen LogP contribution in [0, 0.1) is 5.95 Å². The van der Waals surface area contributed by atoms with Crippen molar-refractivity contribution in [1.82, 2.24) is 14.8 Å². The summed E-state index contributed by atoms with van der Waals surface area (Å²) in [4.78, 5) is 3.50. The lowest BCUT2D eigenvalue weighted by molar-refractivity contribution is 0.319. The fraction of sp³-hybridized carbons (Fsp3) is 0.273. The van der Waals surface area contributed by atoms with E-state index in [1.807, 2.05) is 13.2 Å². The molecule has 0 N–H and O–H groups in total. The summed E-state index contributed by atoms with van der Waals surface area (Å²) in [5.74, 6) is 0.0740. The zero-order chi connectivity index (χ0) is 11.4. The van der Waals surface area contributed by atoms with E-state index in [4.69, 9.17) is 4.74 Å². The van der Waals surface area contributed by atoms with Crippen molar-refractivity contribution in [3.63, 3.8) is 0 Å². The minimum atomic E-state index is -0.500. The van der Waals surface area contributed by atoms with Crippen molar-refractivity contribution in [3.05, 3.63) is 42.2 Å². The third-order valence-corrected chi connectivity index (χ3v) is 2.12. The average molecular weight is 221 g/mol. The number of hydrogen-bond donors (Lipinski definition) is 0. The van der Waals surface area contributed by atoms with Crippen LogP contribution in [0.1, 0.15) is 5.56 Å². The van der Waals surface area contributed by atoms with E-state index in [-0.39, 0.29) is 0 Å². The number of pyridine rings is 1. The van der Waals surface area contributed by atoms with Crippen LogP contribution in [0.25, 0.3) is 0 Å². The van der Waals surface area contributed by atoms with Crippen molar-refractivity contribution in [2.24, 2.45) is 7.05 Å². The minimum absolute atomic E-state index is 0.500. The fourth-order valence-electron chi connectivity index (χ4n) is 1.34. The van der Waals surface area contributed by atoms with E-state index in [2.05, 4.69) is 10.1 Å². The highest BCUT2D eigenvalue weighted by molar-refractivity contribution is 5.16. The van der Waals surface area contributed by atoms with Gasteiger partial charge in [0.15, 0.2) is 0 Å². The Morgan fingerprint density at radius 2 is 2.25 bits per heavy atom. The predicted molar refractivity (Wildman–Crippen MR) is 56.6 cm³/mol. The van der Waals surface area contributed by atoms with Crippen LogP contribution in [0.5, 0.6) is 5.75 Å². The van der Waals surface area contributed by atoms with E-state index in [1.165, 1.54) is 12.3 Å². The maximum atomic E-state index is 12.5. The van der Waals surface area contributed by atoms with E-state index < -0.39 is 5.95 Å². The molecule has 2 aromatic heterocycles. The molecule has 0 atom stereocenters. The van der Waals surface area contributed by atoms with Crippen LogP contribution in [-0.4, -0.2) is 21.4 Å². The Labute approximate surface area is 92.7 Å². The lowest BCUT2D eigenvalue weighted by atomic mass is 10.3. The summed E-state index contributed by atoms with van der Waals surface area (Å²) in [5, 5.41) is 4.05. The van der Waals surface area contributed by atoms with E-state index >= 15 is 0 Å². The lowest BCUT2D eigenvalue weighted by Crippen LogP contribution is -2.01. The third-order valence-electron chi connectivity index (χ3n) is 2.12. The molecule has 0 aliphatic rings. The van der Waals surface area contributed by atoms with Gasteiger partial charge in [-0.1, -0.05) is 0 Å². The molecule has 0 aliphatic carbocycles. The van der Waals surface area contributed by atoms with Gasteiger partial charge in [0.2, 0.25) is 5.95 Å². The first-order chi connectivity index (χ1) is 7.74.